The predicted octanol–water partition coefficient (Wildman–Crippen LogP) is 3.41. The molecule has 0 saturated heterocycles. The number of carbonyl (C=O) groups is 1. The molecule has 1 amide bonds. The second-order valence-corrected chi connectivity index (χ2v) is 6.26. The van der Waals surface area contributed by atoms with Gasteiger partial charge in [-0.3, -0.25) is 4.79 Å². The molecule has 2 aromatic rings. The molecule has 1 aromatic carbocycles. The number of nitrogens with one attached hydrogen (secondary N) is 1. The van der Waals surface area contributed by atoms with Crippen molar-refractivity contribution < 1.29 is 9.53 Å². The summed E-state index contributed by atoms with van der Waals surface area (Å²) in [6.45, 7) is 1.93. The molecule has 1 atom stereocenters. The van der Waals surface area contributed by atoms with E-state index >= 15 is 0 Å². The van der Waals surface area contributed by atoms with Crippen LogP contribution in [-0.2, 0) is 0 Å². The zero-order valence-electron chi connectivity index (χ0n) is 10.5. The average molecular weight is 341 g/mol. The number of hydrogen-bond acceptors (Lipinski definition) is 4. The second-order valence-electron chi connectivity index (χ2n) is 3.95. The van der Waals surface area contributed by atoms with Crippen molar-refractivity contribution in [1.82, 2.24) is 10.3 Å². The average Bonchev–Trinajstić information content (AvgIpc) is 2.85. The van der Waals surface area contributed by atoms with Gasteiger partial charge in [-0.05, 0) is 40.5 Å². The van der Waals surface area contributed by atoms with E-state index in [2.05, 4.69) is 26.2 Å². The minimum atomic E-state index is -0.126. The minimum Gasteiger partial charge on any atom is -0.497 e. The Morgan fingerprint density at radius 1 is 1.53 bits per heavy atom. The Hall–Kier alpha value is -1.40. The van der Waals surface area contributed by atoms with Gasteiger partial charge < -0.3 is 10.1 Å². The molecule has 0 aliphatic rings. The zero-order valence-corrected chi connectivity index (χ0v) is 12.9. The molecule has 0 fully saturated rings. The Bertz CT molecular complexity index is 586. The normalized spacial score (nSPS) is 11.9. The lowest BCUT2D eigenvalue weighted by Gasteiger charge is -2.14. The van der Waals surface area contributed by atoms with Crippen LogP contribution in [0.3, 0.4) is 0 Å². The van der Waals surface area contributed by atoms with Gasteiger partial charge in [-0.25, -0.2) is 4.98 Å². The summed E-state index contributed by atoms with van der Waals surface area (Å²) in [5.41, 5.74) is 0.997. The Morgan fingerprint density at radius 3 is 2.95 bits per heavy atom. The van der Waals surface area contributed by atoms with Gasteiger partial charge in [0, 0.05) is 0 Å². The van der Waals surface area contributed by atoms with Gasteiger partial charge in [-0.15, -0.1) is 11.3 Å². The number of halogens is 1. The third-order valence-electron chi connectivity index (χ3n) is 2.64. The summed E-state index contributed by atoms with van der Waals surface area (Å²) < 4.78 is 5.87. The van der Waals surface area contributed by atoms with Gasteiger partial charge in [-0.2, -0.15) is 0 Å². The largest absolute Gasteiger partial charge is 0.497 e. The highest BCUT2D eigenvalue weighted by Crippen LogP contribution is 2.21. The Balaban J connectivity index is 2.08. The molecule has 2 rings (SSSR count). The molecule has 0 bridgehead atoms. The first-order valence-electron chi connectivity index (χ1n) is 5.66. The van der Waals surface area contributed by atoms with Gasteiger partial charge in [0.2, 0.25) is 0 Å². The van der Waals surface area contributed by atoms with Crippen LogP contribution < -0.4 is 10.1 Å². The monoisotopic (exact) mass is 340 g/mol. The highest BCUT2D eigenvalue weighted by Gasteiger charge is 2.14. The summed E-state index contributed by atoms with van der Waals surface area (Å²) in [7, 11) is 1.62. The predicted molar refractivity (Wildman–Crippen MR) is 78.7 cm³/mol. The SMILES string of the molecule is COc1cccc([C@@H](C)NC(=O)c2cnc(Br)s2)c1. The highest BCUT2D eigenvalue weighted by atomic mass is 79.9. The summed E-state index contributed by atoms with van der Waals surface area (Å²) in [6.07, 6.45) is 1.56. The second kappa shape index (κ2) is 6.16. The molecule has 100 valence electrons. The summed E-state index contributed by atoms with van der Waals surface area (Å²) >= 11 is 4.55. The van der Waals surface area contributed by atoms with Crippen LogP contribution in [0.25, 0.3) is 0 Å². The maximum atomic E-state index is 12.0. The summed E-state index contributed by atoms with van der Waals surface area (Å²) in [5.74, 6) is 0.651. The molecule has 4 nitrogen and oxygen atoms in total. The zero-order chi connectivity index (χ0) is 13.8. The topological polar surface area (TPSA) is 51.2 Å². The number of ether oxygens (including phenoxy) is 1. The van der Waals surface area contributed by atoms with E-state index in [-0.39, 0.29) is 11.9 Å². The number of carbonyl (C=O) groups excluding carboxylic acids is 1. The lowest BCUT2D eigenvalue weighted by atomic mass is 10.1. The number of thiazole rings is 1. The number of nitrogens with zero attached hydrogens (tertiary/aromatic N) is 1. The molecule has 0 aliphatic carbocycles. The number of benzene rings is 1. The van der Waals surface area contributed by atoms with Crippen molar-refractivity contribution in [2.45, 2.75) is 13.0 Å². The van der Waals surface area contributed by atoms with Gasteiger partial charge in [-0.1, -0.05) is 12.1 Å². The van der Waals surface area contributed by atoms with Gasteiger partial charge >= 0.3 is 0 Å². The first-order chi connectivity index (χ1) is 9.10. The van der Waals surface area contributed by atoms with Crippen LogP contribution in [0.4, 0.5) is 0 Å². The van der Waals surface area contributed by atoms with Crippen molar-refractivity contribution in [2.75, 3.05) is 7.11 Å². The van der Waals surface area contributed by atoms with Crippen LogP contribution in [0.2, 0.25) is 0 Å². The molecule has 1 heterocycles. The van der Waals surface area contributed by atoms with E-state index in [1.807, 2.05) is 31.2 Å². The summed E-state index contributed by atoms with van der Waals surface area (Å²) in [4.78, 5) is 16.6. The third kappa shape index (κ3) is 3.54. The number of aromatic nitrogens is 1. The van der Waals surface area contributed by atoms with Crippen LogP contribution in [-0.4, -0.2) is 18.0 Å². The number of hydrogen-bond donors (Lipinski definition) is 1. The molecular formula is C13H13BrN2O2S. The van der Waals surface area contributed by atoms with E-state index in [0.717, 1.165) is 11.3 Å². The van der Waals surface area contributed by atoms with Crippen LogP contribution in [0.5, 0.6) is 5.75 Å². The molecule has 1 N–H and O–H groups in total. The first-order valence-corrected chi connectivity index (χ1v) is 7.27. The van der Waals surface area contributed by atoms with E-state index in [0.29, 0.717) is 8.79 Å². The summed E-state index contributed by atoms with van der Waals surface area (Å²) in [6, 6.07) is 7.55. The number of rotatable bonds is 4. The van der Waals surface area contributed by atoms with Crippen LogP contribution in [0, 0.1) is 0 Å². The summed E-state index contributed by atoms with van der Waals surface area (Å²) in [5, 5.41) is 2.93. The molecule has 1 aromatic heterocycles. The van der Waals surface area contributed by atoms with Gasteiger partial charge in [0.1, 0.15) is 10.6 Å². The van der Waals surface area contributed by atoms with Gasteiger partial charge in [0.15, 0.2) is 3.92 Å². The molecule has 0 radical (unpaired) electrons. The first kappa shape index (κ1) is 14.0. The maximum Gasteiger partial charge on any atom is 0.263 e. The van der Waals surface area contributed by atoms with Crippen LogP contribution in [0.15, 0.2) is 34.4 Å². The van der Waals surface area contributed by atoms with E-state index in [4.69, 9.17) is 4.74 Å². The van der Waals surface area contributed by atoms with Crippen LogP contribution >= 0.6 is 27.3 Å². The van der Waals surface area contributed by atoms with Crippen molar-refractivity contribution in [3.8, 4) is 5.75 Å². The molecule has 0 unspecified atom stereocenters. The Kier molecular flexibility index (Phi) is 4.55. The third-order valence-corrected chi connectivity index (χ3v) is 4.12. The minimum absolute atomic E-state index is 0.0940. The molecule has 0 aliphatic heterocycles. The van der Waals surface area contributed by atoms with Crippen LogP contribution in [0.1, 0.15) is 28.2 Å². The Morgan fingerprint density at radius 2 is 2.32 bits per heavy atom. The van der Waals surface area contributed by atoms with Crippen molar-refractivity contribution in [3.05, 3.63) is 44.8 Å². The van der Waals surface area contributed by atoms with Crippen molar-refractivity contribution in [1.29, 1.82) is 0 Å². The lowest BCUT2D eigenvalue weighted by molar-refractivity contribution is 0.0943. The Labute approximate surface area is 124 Å². The van der Waals surface area contributed by atoms with E-state index in [1.165, 1.54) is 11.3 Å². The van der Waals surface area contributed by atoms with Crippen molar-refractivity contribution in [2.24, 2.45) is 0 Å². The molecule has 19 heavy (non-hydrogen) atoms. The van der Waals surface area contributed by atoms with Crippen molar-refractivity contribution >= 4 is 33.2 Å². The fourth-order valence-electron chi connectivity index (χ4n) is 1.62. The standard InChI is InChI=1S/C13H13BrN2O2S/c1-8(9-4-3-5-10(6-9)18-2)16-12(17)11-7-15-13(14)19-11/h3-8H,1-2H3,(H,16,17)/t8-/m1/s1. The quantitative estimate of drug-likeness (QED) is 0.927. The number of methoxy groups -OCH3 is 1. The van der Waals surface area contributed by atoms with Gasteiger partial charge in [0.25, 0.3) is 5.91 Å². The molecule has 0 spiro atoms. The molecule has 0 saturated carbocycles. The fraction of sp³-hybridized carbons (Fsp3) is 0.231. The number of amides is 1. The van der Waals surface area contributed by atoms with E-state index < -0.39 is 0 Å². The fourth-order valence-corrected chi connectivity index (χ4v) is 2.79. The van der Waals surface area contributed by atoms with Gasteiger partial charge in [0.05, 0.1) is 19.3 Å². The van der Waals surface area contributed by atoms with E-state index in [9.17, 15) is 4.79 Å². The van der Waals surface area contributed by atoms with E-state index in [1.54, 1.807) is 13.3 Å². The molecular weight excluding hydrogens is 328 g/mol. The highest BCUT2D eigenvalue weighted by molar-refractivity contribution is 9.11. The lowest BCUT2D eigenvalue weighted by Crippen LogP contribution is -2.25. The smallest absolute Gasteiger partial charge is 0.263 e. The van der Waals surface area contributed by atoms with Crippen molar-refractivity contribution in [3.63, 3.8) is 0 Å². The molecule has 6 heteroatoms. The maximum absolute atomic E-state index is 12.0.